The molecule has 2 aliphatic rings. The molecule has 2 aliphatic heterocycles. The zero-order valence-electron chi connectivity index (χ0n) is 17.9. The molecule has 1 aromatic carbocycles. The summed E-state index contributed by atoms with van der Waals surface area (Å²) in [5.41, 5.74) is 4.85. The predicted molar refractivity (Wildman–Crippen MR) is 112 cm³/mol. The Hall–Kier alpha value is -2.45. The van der Waals surface area contributed by atoms with Crippen LogP contribution in [0.25, 0.3) is 0 Å². The highest BCUT2D eigenvalue weighted by Gasteiger charge is 2.40. The minimum absolute atomic E-state index is 0.198. The molecule has 162 valence electrons. The van der Waals surface area contributed by atoms with Gasteiger partial charge in [-0.05, 0) is 25.1 Å². The molecule has 1 aromatic heterocycles. The molecular formula is C22H30FN5O2. The fourth-order valence-electron chi connectivity index (χ4n) is 3.95. The lowest BCUT2D eigenvalue weighted by molar-refractivity contribution is -0.0875. The lowest BCUT2D eigenvalue weighted by Crippen LogP contribution is -2.43. The Balaban J connectivity index is 1.57. The van der Waals surface area contributed by atoms with Crippen molar-refractivity contribution in [1.29, 1.82) is 0 Å². The van der Waals surface area contributed by atoms with Gasteiger partial charge in [-0.2, -0.15) is 0 Å². The number of hydrogen-bond acceptors (Lipinski definition) is 7. The number of aliphatic imine (C=N–C) groups is 1. The van der Waals surface area contributed by atoms with E-state index in [9.17, 15) is 4.39 Å². The van der Waals surface area contributed by atoms with Crippen LogP contribution in [0.4, 0.5) is 4.39 Å². The Labute approximate surface area is 176 Å². The third-order valence-corrected chi connectivity index (χ3v) is 5.75. The van der Waals surface area contributed by atoms with E-state index in [1.807, 2.05) is 24.0 Å². The molecule has 1 N–H and O–H groups in total. The number of likely N-dealkylation sites (tertiary alicyclic amines) is 1. The fourth-order valence-corrected chi connectivity index (χ4v) is 3.95. The molecule has 30 heavy (non-hydrogen) atoms. The molecule has 0 radical (unpaired) electrons. The minimum Gasteiger partial charge on any atom is -0.449 e. The van der Waals surface area contributed by atoms with E-state index in [0.717, 1.165) is 50.0 Å². The van der Waals surface area contributed by atoms with Crippen molar-refractivity contribution in [2.75, 3.05) is 20.1 Å². The van der Waals surface area contributed by atoms with Gasteiger partial charge in [0.1, 0.15) is 12.1 Å². The Morgan fingerprint density at radius 2 is 2.07 bits per heavy atom. The first-order valence-corrected chi connectivity index (χ1v) is 10.6. The van der Waals surface area contributed by atoms with Gasteiger partial charge in [-0.25, -0.2) is 24.7 Å². The molecule has 0 aliphatic carbocycles. The van der Waals surface area contributed by atoms with Crippen LogP contribution in [-0.4, -0.2) is 46.6 Å². The normalized spacial score (nSPS) is 18.5. The Morgan fingerprint density at radius 3 is 2.73 bits per heavy atom. The van der Waals surface area contributed by atoms with Crippen LogP contribution in [0, 0.1) is 12.7 Å². The molecule has 1 saturated heterocycles. The molecule has 0 unspecified atom stereocenters. The van der Waals surface area contributed by atoms with E-state index in [1.165, 1.54) is 0 Å². The number of guanidine groups is 1. The molecule has 2 aromatic rings. The van der Waals surface area contributed by atoms with Gasteiger partial charge in [0.2, 0.25) is 5.96 Å². The minimum atomic E-state index is -0.552. The van der Waals surface area contributed by atoms with Gasteiger partial charge in [0.15, 0.2) is 11.6 Å². The molecule has 3 heterocycles. The molecular weight excluding hydrogens is 385 g/mol. The maximum atomic E-state index is 14.8. The average Bonchev–Trinajstić information content (AvgIpc) is 3.32. The number of hydrogen-bond donors (Lipinski definition) is 1. The number of aromatic nitrogens is 1. The first kappa shape index (κ1) is 20.8. The Kier molecular flexibility index (Phi) is 6.06. The SMILES string of the molecule is CCCc1ccc(CN(Cc2coc(C)n2)C2=NC3(CCN(C)CC3)ON2)c(F)c1. The highest BCUT2D eigenvalue weighted by molar-refractivity contribution is 5.80. The van der Waals surface area contributed by atoms with E-state index >= 15 is 0 Å². The molecule has 0 atom stereocenters. The third-order valence-electron chi connectivity index (χ3n) is 5.75. The second kappa shape index (κ2) is 8.73. The molecule has 1 fully saturated rings. The number of aryl methyl sites for hydroxylation is 2. The maximum Gasteiger partial charge on any atom is 0.222 e. The zero-order chi connectivity index (χ0) is 21.1. The summed E-state index contributed by atoms with van der Waals surface area (Å²) in [5, 5.41) is 0. The van der Waals surface area contributed by atoms with Gasteiger partial charge in [-0.15, -0.1) is 0 Å². The van der Waals surface area contributed by atoms with Crippen LogP contribution in [0.3, 0.4) is 0 Å². The zero-order valence-corrected chi connectivity index (χ0v) is 17.9. The second-order valence-corrected chi connectivity index (χ2v) is 8.28. The summed E-state index contributed by atoms with van der Waals surface area (Å²) in [6, 6.07) is 5.50. The molecule has 0 amide bonds. The van der Waals surface area contributed by atoms with Crippen LogP contribution in [0.5, 0.6) is 0 Å². The van der Waals surface area contributed by atoms with Crippen molar-refractivity contribution in [1.82, 2.24) is 20.3 Å². The smallest absolute Gasteiger partial charge is 0.222 e. The first-order valence-electron chi connectivity index (χ1n) is 10.6. The number of oxazole rings is 1. The number of rotatable bonds is 6. The summed E-state index contributed by atoms with van der Waals surface area (Å²) in [7, 11) is 2.10. The van der Waals surface area contributed by atoms with Crippen molar-refractivity contribution in [3.63, 3.8) is 0 Å². The van der Waals surface area contributed by atoms with E-state index in [4.69, 9.17) is 14.2 Å². The molecule has 7 nitrogen and oxygen atoms in total. The van der Waals surface area contributed by atoms with Crippen molar-refractivity contribution < 1.29 is 13.6 Å². The third kappa shape index (κ3) is 4.65. The lowest BCUT2D eigenvalue weighted by Gasteiger charge is -2.33. The van der Waals surface area contributed by atoms with Gasteiger partial charge in [0, 0.05) is 45.0 Å². The standard InChI is InChI=1S/C22H30FN5O2/c1-4-5-17-6-7-18(20(23)12-17)13-28(14-19-15-29-16(2)24-19)21-25-22(30-26-21)8-10-27(3)11-9-22/h6-7,12,15H,4-5,8-11,13-14H2,1-3H3,(H,25,26). The summed E-state index contributed by atoms with van der Waals surface area (Å²) in [6.45, 7) is 6.55. The number of nitrogens with zero attached hydrogens (tertiary/aromatic N) is 4. The van der Waals surface area contributed by atoms with Crippen molar-refractivity contribution in [2.45, 2.75) is 58.3 Å². The number of benzene rings is 1. The van der Waals surface area contributed by atoms with Gasteiger partial charge < -0.3 is 14.2 Å². The predicted octanol–water partition coefficient (Wildman–Crippen LogP) is 3.39. The van der Waals surface area contributed by atoms with Crippen LogP contribution in [0.2, 0.25) is 0 Å². The highest BCUT2D eigenvalue weighted by atomic mass is 19.1. The van der Waals surface area contributed by atoms with Crippen molar-refractivity contribution >= 4 is 5.96 Å². The molecule has 8 heteroatoms. The van der Waals surface area contributed by atoms with Crippen LogP contribution in [-0.2, 0) is 24.3 Å². The van der Waals surface area contributed by atoms with E-state index in [0.29, 0.717) is 30.5 Å². The maximum absolute atomic E-state index is 14.8. The van der Waals surface area contributed by atoms with E-state index in [-0.39, 0.29) is 5.82 Å². The first-order chi connectivity index (χ1) is 14.5. The van der Waals surface area contributed by atoms with Crippen LogP contribution in [0.1, 0.15) is 48.9 Å². The quantitative estimate of drug-likeness (QED) is 0.780. The van der Waals surface area contributed by atoms with Gasteiger partial charge in [0.25, 0.3) is 0 Å². The topological polar surface area (TPSA) is 66.1 Å². The monoisotopic (exact) mass is 415 g/mol. The summed E-state index contributed by atoms with van der Waals surface area (Å²) in [6.07, 6.45) is 5.13. The van der Waals surface area contributed by atoms with Crippen molar-refractivity contribution in [2.24, 2.45) is 4.99 Å². The molecule has 0 saturated carbocycles. The largest absolute Gasteiger partial charge is 0.449 e. The van der Waals surface area contributed by atoms with Gasteiger partial charge >= 0.3 is 0 Å². The van der Waals surface area contributed by atoms with Gasteiger partial charge in [0.05, 0.1) is 12.2 Å². The van der Waals surface area contributed by atoms with E-state index in [1.54, 1.807) is 12.3 Å². The van der Waals surface area contributed by atoms with Crippen LogP contribution < -0.4 is 5.48 Å². The Morgan fingerprint density at radius 1 is 1.27 bits per heavy atom. The van der Waals surface area contributed by atoms with Crippen LogP contribution in [0.15, 0.2) is 33.9 Å². The molecule has 0 bridgehead atoms. The van der Waals surface area contributed by atoms with Crippen molar-refractivity contribution in [3.8, 4) is 0 Å². The highest BCUT2D eigenvalue weighted by Crippen LogP contribution is 2.30. The molecule has 4 rings (SSSR count). The summed E-state index contributed by atoms with van der Waals surface area (Å²) >= 11 is 0. The fraction of sp³-hybridized carbons (Fsp3) is 0.545. The second-order valence-electron chi connectivity index (χ2n) is 8.28. The Bertz CT molecular complexity index is 905. The van der Waals surface area contributed by atoms with Crippen molar-refractivity contribution in [3.05, 3.63) is 53.0 Å². The van der Waals surface area contributed by atoms with E-state index in [2.05, 4.69) is 29.3 Å². The van der Waals surface area contributed by atoms with Gasteiger partial charge in [-0.3, -0.25) is 0 Å². The lowest BCUT2D eigenvalue weighted by atomic mass is 10.0. The number of nitrogens with one attached hydrogen (secondary N) is 1. The number of piperidine rings is 1. The summed E-state index contributed by atoms with van der Waals surface area (Å²) in [5.74, 6) is 1.01. The molecule has 1 spiro atoms. The number of halogens is 1. The number of hydroxylamine groups is 1. The summed E-state index contributed by atoms with van der Waals surface area (Å²) in [4.78, 5) is 19.5. The average molecular weight is 416 g/mol. The van der Waals surface area contributed by atoms with E-state index < -0.39 is 5.72 Å². The van der Waals surface area contributed by atoms with Gasteiger partial charge in [-0.1, -0.05) is 25.5 Å². The summed E-state index contributed by atoms with van der Waals surface area (Å²) < 4.78 is 20.2. The van der Waals surface area contributed by atoms with Crippen LogP contribution >= 0.6 is 0 Å².